The fourth-order valence-electron chi connectivity index (χ4n) is 3.55. The number of hydrazine groups is 1. The van der Waals surface area contributed by atoms with Gasteiger partial charge >= 0.3 is 6.09 Å². The molecule has 8 nitrogen and oxygen atoms in total. The molecule has 0 unspecified atom stereocenters. The van der Waals surface area contributed by atoms with Crippen molar-refractivity contribution in [1.29, 1.82) is 0 Å². The van der Waals surface area contributed by atoms with Gasteiger partial charge in [-0.15, -0.1) is 0 Å². The highest BCUT2D eigenvalue weighted by atomic mass is 16.6. The average Bonchev–Trinajstić information content (AvgIpc) is 3.54. The van der Waals surface area contributed by atoms with Gasteiger partial charge in [-0.25, -0.2) is 15.6 Å². The largest absolute Gasteiger partial charge is 0.489 e. The molecule has 0 spiro atoms. The van der Waals surface area contributed by atoms with E-state index in [-0.39, 0.29) is 24.8 Å². The molecule has 2 aliphatic rings. The third kappa shape index (κ3) is 5.53. The van der Waals surface area contributed by atoms with Crippen molar-refractivity contribution in [1.82, 2.24) is 14.9 Å². The fraction of sp³-hybridized carbons (Fsp3) is 0.619. The van der Waals surface area contributed by atoms with Gasteiger partial charge in [-0.1, -0.05) is 6.42 Å². The van der Waals surface area contributed by atoms with Crippen LogP contribution < -0.4 is 16.3 Å². The topological polar surface area (TPSA) is 107 Å². The minimum atomic E-state index is -0.375. The number of likely N-dealkylation sites (N-methyl/N-ethyl adjacent to an activating group) is 1. The zero-order valence-electron chi connectivity index (χ0n) is 17.7. The van der Waals surface area contributed by atoms with Gasteiger partial charge in [0.05, 0.1) is 28.9 Å². The number of hydrogen-bond acceptors (Lipinski definition) is 7. The molecule has 2 fully saturated rings. The molecule has 0 radical (unpaired) electrons. The fourth-order valence-corrected chi connectivity index (χ4v) is 3.55. The highest BCUT2D eigenvalue weighted by molar-refractivity contribution is 5.69. The van der Waals surface area contributed by atoms with Gasteiger partial charge in [0.25, 0.3) is 0 Å². The maximum Gasteiger partial charge on any atom is 0.410 e. The Balaban J connectivity index is 1.70. The molecule has 0 bridgehead atoms. The van der Waals surface area contributed by atoms with Crippen molar-refractivity contribution < 1.29 is 14.3 Å². The molecule has 2 aliphatic carbocycles. The average molecular weight is 404 g/mol. The first-order valence-electron chi connectivity index (χ1n) is 10.4. The van der Waals surface area contributed by atoms with Gasteiger partial charge in [0, 0.05) is 20.1 Å². The minimum Gasteiger partial charge on any atom is -0.489 e. The number of amides is 1. The molecule has 1 heterocycles. The first-order valence-corrected chi connectivity index (χ1v) is 10.4. The number of hydrogen-bond donors (Lipinski definition) is 2. The van der Waals surface area contributed by atoms with Crippen LogP contribution >= 0.6 is 0 Å². The molecule has 1 aromatic heterocycles. The van der Waals surface area contributed by atoms with Gasteiger partial charge in [-0.05, 0) is 57.6 Å². The summed E-state index contributed by atoms with van der Waals surface area (Å²) in [6.07, 6.45) is 7.82. The lowest BCUT2D eigenvalue weighted by molar-refractivity contribution is 0.111. The van der Waals surface area contributed by atoms with Crippen molar-refractivity contribution >= 4 is 11.8 Å². The molecule has 0 aromatic carbocycles. The summed E-state index contributed by atoms with van der Waals surface area (Å²) < 4.78 is 11.5. The Hall–Kier alpha value is -2.48. The molecule has 1 aromatic rings. The van der Waals surface area contributed by atoms with E-state index >= 15 is 0 Å². The van der Waals surface area contributed by atoms with Crippen molar-refractivity contribution in [2.24, 2.45) is 11.6 Å². The Morgan fingerprint density at radius 1 is 1.17 bits per heavy atom. The molecule has 2 saturated carbocycles. The third-order valence-electron chi connectivity index (χ3n) is 5.61. The van der Waals surface area contributed by atoms with E-state index in [9.17, 15) is 4.79 Å². The van der Waals surface area contributed by atoms with Crippen LogP contribution in [0.2, 0.25) is 0 Å². The van der Waals surface area contributed by atoms with Crippen LogP contribution in [0.5, 0.6) is 5.75 Å². The Labute approximate surface area is 172 Å². The van der Waals surface area contributed by atoms with Gasteiger partial charge in [0.2, 0.25) is 0 Å². The van der Waals surface area contributed by atoms with E-state index in [2.05, 4.69) is 4.98 Å². The number of carbonyl (C=O) groups is 1. The predicted molar refractivity (Wildman–Crippen MR) is 112 cm³/mol. The molecule has 0 saturated heterocycles. The van der Waals surface area contributed by atoms with Crippen LogP contribution in [0.3, 0.4) is 0 Å². The van der Waals surface area contributed by atoms with Crippen LogP contribution in [0, 0.1) is 6.92 Å². The molecule has 3 rings (SSSR count). The van der Waals surface area contributed by atoms with Gasteiger partial charge in [0.1, 0.15) is 12.4 Å². The number of carbonyl (C=O) groups excluding carboxylic acids is 1. The molecule has 160 valence electrons. The van der Waals surface area contributed by atoms with Gasteiger partial charge in [-0.2, -0.15) is 0 Å². The van der Waals surface area contributed by atoms with E-state index in [0.29, 0.717) is 17.1 Å². The van der Waals surface area contributed by atoms with Gasteiger partial charge in [-0.3, -0.25) is 0 Å². The standard InChI is InChI=1S/C21H33N5O3/c1-14-19(29-16-7-5-4-6-8-16)12-11-17(24-14)20(22)18(26(3)23)13-28-21(27)25(2)15-9-10-15/h11-12,15-16H,4-10,13,22-23H2,1-3H3/b20-18-. The number of ether oxygens (including phenoxy) is 2. The van der Waals surface area contributed by atoms with Crippen molar-refractivity contribution in [2.75, 3.05) is 20.7 Å². The van der Waals surface area contributed by atoms with E-state index in [1.165, 1.54) is 24.3 Å². The number of pyridine rings is 1. The Morgan fingerprint density at radius 3 is 2.45 bits per heavy atom. The maximum absolute atomic E-state index is 12.1. The number of nitrogens with zero attached hydrogens (tertiary/aromatic N) is 3. The minimum absolute atomic E-state index is 0.0181. The van der Waals surface area contributed by atoms with Crippen LogP contribution in [-0.4, -0.2) is 53.8 Å². The second kappa shape index (κ2) is 9.35. The lowest BCUT2D eigenvalue weighted by Gasteiger charge is -2.24. The van der Waals surface area contributed by atoms with E-state index in [0.717, 1.165) is 37.1 Å². The number of nitrogens with two attached hydrogens (primary N) is 2. The molecule has 1 amide bonds. The molecule has 29 heavy (non-hydrogen) atoms. The van der Waals surface area contributed by atoms with E-state index in [1.807, 2.05) is 19.1 Å². The SMILES string of the molecule is Cc1nc(/C(N)=C(\COC(=O)N(C)C2CC2)N(C)N)ccc1OC1CCCCC1. The number of rotatable bonds is 7. The predicted octanol–water partition coefficient (Wildman–Crippen LogP) is 2.77. The monoisotopic (exact) mass is 403 g/mol. The Morgan fingerprint density at radius 2 is 1.86 bits per heavy atom. The van der Waals surface area contributed by atoms with Crippen molar-refractivity contribution in [3.63, 3.8) is 0 Å². The maximum atomic E-state index is 12.1. The van der Waals surface area contributed by atoms with Crippen LogP contribution in [0.4, 0.5) is 4.79 Å². The summed E-state index contributed by atoms with van der Waals surface area (Å²) in [6.45, 7) is 1.89. The molecule has 0 atom stereocenters. The highest BCUT2D eigenvalue weighted by Gasteiger charge is 2.30. The number of aryl methyl sites for hydroxylation is 1. The molecule has 0 aliphatic heterocycles. The summed E-state index contributed by atoms with van der Waals surface area (Å²) in [5.74, 6) is 6.72. The van der Waals surface area contributed by atoms with Crippen LogP contribution in [0.15, 0.2) is 17.8 Å². The smallest absolute Gasteiger partial charge is 0.410 e. The summed E-state index contributed by atoms with van der Waals surface area (Å²) in [5, 5.41) is 1.36. The quantitative estimate of drug-likeness (QED) is 0.532. The van der Waals surface area contributed by atoms with Crippen molar-refractivity contribution in [3.05, 3.63) is 29.2 Å². The first-order chi connectivity index (χ1) is 13.9. The zero-order chi connectivity index (χ0) is 21.0. The second-order valence-corrected chi connectivity index (χ2v) is 8.03. The molecular formula is C21H33N5O3. The lowest BCUT2D eigenvalue weighted by atomic mass is 9.98. The summed E-state index contributed by atoms with van der Waals surface area (Å²) in [5.41, 5.74) is 8.56. The molecular weight excluding hydrogens is 370 g/mol. The van der Waals surface area contributed by atoms with Gasteiger partial charge in [0.15, 0.2) is 0 Å². The summed E-state index contributed by atoms with van der Waals surface area (Å²) in [4.78, 5) is 18.4. The lowest BCUT2D eigenvalue weighted by Crippen LogP contribution is -2.34. The molecule has 8 heteroatoms. The Bertz CT molecular complexity index is 755. The molecule has 4 N–H and O–H groups in total. The summed E-state index contributed by atoms with van der Waals surface area (Å²) in [7, 11) is 3.41. The normalized spacial score (nSPS) is 18.1. The second-order valence-electron chi connectivity index (χ2n) is 8.03. The summed E-state index contributed by atoms with van der Waals surface area (Å²) in [6, 6.07) is 4.01. The first kappa shape index (κ1) is 21.2. The van der Waals surface area contributed by atoms with Crippen LogP contribution in [0.25, 0.3) is 5.70 Å². The van der Waals surface area contributed by atoms with E-state index in [4.69, 9.17) is 21.1 Å². The number of aromatic nitrogens is 1. The van der Waals surface area contributed by atoms with Crippen molar-refractivity contribution in [2.45, 2.75) is 64.0 Å². The van der Waals surface area contributed by atoms with Gasteiger partial charge < -0.3 is 25.1 Å². The third-order valence-corrected chi connectivity index (χ3v) is 5.61. The summed E-state index contributed by atoms with van der Waals surface area (Å²) >= 11 is 0. The zero-order valence-corrected chi connectivity index (χ0v) is 17.7. The van der Waals surface area contributed by atoms with E-state index in [1.54, 1.807) is 19.0 Å². The highest BCUT2D eigenvalue weighted by Crippen LogP contribution is 2.27. The van der Waals surface area contributed by atoms with Crippen molar-refractivity contribution in [3.8, 4) is 5.75 Å². The van der Waals surface area contributed by atoms with Crippen LogP contribution in [-0.2, 0) is 4.74 Å². The Kier molecular flexibility index (Phi) is 6.84. The van der Waals surface area contributed by atoms with Crippen LogP contribution in [0.1, 0.15) is 56.3 Å². The van der Waals surface area contributed by atoms with E-state index < -0.39 is 0 Å².